The Kier molecular flexibility index (Phi) is 9.18. The first-order valence-electron chi connectivity index (χ1n) is 12.8. The number of rotatable bonds is 9. The number of nitrogen functional groups attached to an aromatic ring is 1. The second kappa shape index (κ2) is 12.9. The van der Waals surface area contributed by atoms with Crippen molar-refractivity contribution < 1.29 is 14.3 Å². The van der Waals surface area contributed by atoms with Gasteiger partial charge in [-0.1, -0.05) is 24.3 Å². The fourth-order valence-corrected chi connectivity index (χ4v) is 4.17. The van der Waals surface area contributed by atoms with Gasteiger partial charge in [-0.2, -0.15) is 0 Å². The van der Waals surface area contributed by atoms with E-state index in [1.165, 1.54) is 0 Å². The predicted octanol–water partition coefficient (Wildman–Crippen LogP) is 3.95. The molecule has 1 saturated heterocycles. The van der Waals surface area contributed by atoms with Crippen LogP contribution in [0.1, 0.15) is 15.9 Å². The zero-order valence-corrected chi connectivity index (χ0v) is 22.0. The highest BCUT2D eigenvalue weighted by molar-refractivity contribution is 6.05. The molecule has 0 aromatic heterocycles. The van der Waals surface area contributed by atoms with E-state index in [0.29, 0.717) is 43.2 Å². The van der Waals surface area contributed by atoms with E-state index in [0.717, 1.165) is 36.6 Å². The Hall–Kier alpha value is -4.08. The first-order chi connectivity index (χ1) is 18.4. The molecule has 0 spiro atoms. The van der Waals surface area contributed by atoms with Crippen LogP contribution in [0.3, 0.4) is 0 Å². The van der Waals surface area contributed by atoms with Gasteiger partial charge in [-0.25, -0.2) is 4.79 Å². The molecule has 3 aromatic rings. The number of benzene rings is 3. The quantitative estimate of drug-likeness (QED) is 0.372. The number of hydrogen-bond donors (Lipinski definition) is 3. The van der Waals surface area contributed by atoms with E-state index in [1.54, 1.807) is 29.2 Å². The lowest BCUT2D eigenvalue weighted by atomic mass is 10.1. The van der Waals surface area contributed by atoms with Gasteiger partial charge in [0.15, 0.2) is 0 Å². The van der Waals surface area contributed by atoms with Crippen molar-refractivity contribution in [3.05, 3.63) is 83.9 Å². The molecule has 0 atom stereocenters. The summed E-state index contributed by atoms with van der Waals surface area (Å²) >= 11 is 0. The summed E-state index contributed by atoms with van der Waals surface area (Å²) < 4.78 is 5.45. The minimum absolute atomic E-state index is 0.169. The van der Waals surface area contributed by atoms with Crippen molar-refractivity contribution in [2.24, 2.45) is 0 Å². The fourth-order valence-electron chi connectivity index (χ4n) is 4.17. The lowest BCUT2D eigenvalue weighted by molar-refractivity contribution is 0.0349. The van der Waals surface area contributed by atoms with Gasteiger partial charge in [0, 0.05) is 63.8 Å². The number of carbonyl (C=O) groups is 2. The van der Waals surface area contributed by atoms with E-state index in [4.69, 9.17) is 10.5 Å². The molecule has 0 bridgehead atoms. The molecule has 1 aliphatic rings. The lowest BCUT2D eigenvalue weighted by Gasteiger charge is -2.30. The zero-order valence-electron chi connectivity index (χ0n) is 22.0. The van der Waals surface area contributed by atoms with Crippen molar-refractivity contribution in [2.45, 2.75) is 6.54 Å². The molecule has 1 fully saturated rings. The Labute approximate surface area is 224 Å². The largest absolute Gasteiger partial charge is 0.397 e. The number of amides is 3. The van der Waals surface area contributed by atoms with Crippen molar-refractivity contribution in [3.63, 3.8) is 0 Å². The van der Waals surface area contributed by atoms with Crippen molar-refractivity contribution >= 4 is 34.7 Å². The molecule has 9 nitrogen and oxygen atoms in total. The Morgan fingerprint density at radius 3 is 2.26 bits per heavy atom. The molecular formula is C29H36N6O3. The normalized spacial score (nSPS) is 13.5. The maximum Gasteiger partial charge on any atom is 0.322 e. The van der Waals surface area contributed by atoms with Gasteiger partial charge >= 0.3 is 6.03 Å². The van der Waals surface area contributed by atoms with Gasteiger partial charge in [0.05, 0.1) is 24.6 Å². The summed E-state index contributed by atoms with van der Waals surface area (Å²) in [6.45, 7) is 4.88. The second-order valence-electron chi connectivity index (χ2n) is 9.49. The molecule has 1 heterocycles. The standard InChI is InChI=1S/C29H36N6O3/c1-33(2)25-13-11-24(12-14-25)31-29(37)35(16-15-34-17-19-38-20-18-34)21-22-7-9-23(10-8-22)28(36)32-27-6-4-3-5-26(27)30/h3-14H,15-21,30H2,1-2H3,(H,31,37)(H,32,36). The number of hydrogen-bond acceptors (Lipinski definition) is 6. The summed E-state index contributed by atoms with van der Waals surface area (Å²) in [7, 11) is 3.96. The molecule has 0 saturated carbocycles. The van der Waals surface area contributed by atoms with Gasteiger partial charge < -0.3 is 30.9 Å². The molecule has 3 aromatic carbocycles. The van der Waals surface area contributed by atoms with Crippen molar-refractivity contribution in [3.8, 4) is 0 Å². The average molecular weight is 517 g/mol. The first-order valence-corrected chi connectivity index (χ1v) is 12.8. The molecule has 4 N–H and O–H groups in total. The summed E-state index contributed by atoms with van der Waals surface area (Å²) in [6.07, 6.45) is 0. The SMILES string of the molecule is CN(C)c1ccc(NC(=O)N(CCN2CCOCC2)Cc2ccc(C(=O)Nc3ccccc3N)cc2)cc1. The number of nitrogens with two attached hydrogens (primary N) is 1. The van der Waals surface area contributed by atoms with Crippen molar-refractivity contribution in [1.82, 2.24) is 9.80 Å². The van der Waals surface area contributed by atoms with Crippen LogP contribution in [0.5, 0.6) is 0 Å². The van der Waals surface area contributed by atoms with Gasteiger partial charge in [0.1, 0.15) is 0 Å². The third-order valence-corrected chi connectivity index (χ3v) is 6.51. The molecule has 0 aliphatic carbocycles. The van der Waals surface area contributed by atoms with Crippen molar-refractivity contribution in [2.75, 3.05) is 74.8 Å². The van der Waals surface area contributed by atoms with E-state index < -0.39 is 0 Å². The molecule has 0 unspecified atom stereocenters. The van der Waals surface area contributed by atoms with Crippen LogP contribution in [0.25, 0.3) is 0 Å². The van der Waals surface area contributed by atoms with Gasteiger partial charge in [0.2, 0.25) is 0 Å². The third-order valence-electron chi connectivity index (χ3n) is 6.51. The maximum absolute atomic E-state index is 13.3. The summed E-state index contributed by atoms with van der Waals surface area (Å²) in [5.41, 5.74) is 10.3. The van der Waals surface area contributed by atoms with E-state index >= 15 is 0 Å². The van der Waals surface area contributed by atoms with Crippen LogP contribution in [0.2, 0.25) is 0 Å². The molecule has 3 amide bonds. The Balaban J connectivity index is 1.42. The summed E-state index contributed by atoms with van der Waals surface area (Å²) in [6, 6.07) is 22.0. The molecule has 0 radical (unpaired) electrons. The number of morpholine rings is 1. The Morgan fingerprint density at radius 1 is 0.921 bits per heavy atom. The van der Waals surface area contributed by atoms with E-state index in [1.807, 2.05) is 67.5 Å². The van der Waals surface area contributed by atoms with Crippen LogP contribution >= 0.6 is 0 Å². The van der Waals surface area contributed by atoms with Gasteiger partial charge in [-0.3, -0.25) is 9.69 Å². The second-order valence-corrected chi connectivity index (χ2v) is 9.49. The van der Waals surface area contributed by atoms with Crippen LogP contribution in [-0.2, 0) is 11.3 Å². The highest BCUT2D eigenvalue weighted by Gasteiger charge is 2.18. The van der Waals surface area contributed by atoms with Gasteiger partial charge in [0.25, 0.3) is 5.91 Å². The number of urea groups is 1. The van der Waals surface area contributed by atoms with Crippen LogP contribution in [0, 0.1) is 0 Å². The first kappa shape index (κ1) is 27.0. The molecule has 9 heteroatoms. The number of nitrogens with zero attached hydrogens (tertiary/aromatic N) is 3. The number of nitrogens with one attached hydrogen (secondary N) is 2. The highest BCUT2D eigenvalue weighted by Crippen LogP contribution is 2.19. The zero-order chi connectivity index (χ0) is 26.9. The number of para-hydroxylation sites is 2. The minimum Gasteiger partial charge on any atom is -0.397 e. The number of anilines is 4. The summed E-state index contributed by atoms with van der Waals surface area (Å²) in [5.74, 6) is -0.238. The topological polar surface area (TPSA) is 103 Å². The Morgan fingerprint density at radius 2 is 1.61 bits per heavy atom. The van der Waals surface area contributed by atoms with E-state index in [9.17, 15) is 9.59 Å². The number of ether oxygens (including phenoxy) is 1. The van der Waals surface area contributed by atoms with E-state index in [2.05, 4.69) is 15.5 Å². The molecular weight excluding hydrogens is 480 g/mol. The monoisotopic (exact) mass is 516 g/mol. The van der Waals surface area contributed by atoms with Crippen LogP contribution < -0.4 is 21.3 Å². The van der Waals surface area contributed by atoms with E-state index in [-0.39, 0.29) is 11.9 Å². The van der Waals surface area contributed by atoms with Gasteiger partial charge in [-0.05, 0) is 54.1 Å². The molecule has 200 valence electrons. The summed E-state index contributed by atoms with van der Waals surface area (Å²) in [5, 5.41) is 5.87. The molecule has 38 heavy (non-hydrogen) atoms. The average Bonchev–Trinajstić information content (AvgIpc) is 2.93. The molecule has 4 rings (SSSR count). The summed E-state index contributed by atoms with van der Waals surface area (Å²) in [4.78, 5) is 32.1. The molecule has 1 aliphatic heterocycles. The number of carbonyl (C=O) groups excluding carboxylic acids is 2. The van der Waals surface area contributed by atoms with Crippen LogP contribution in [0.4, 0.5) is 27.5 Å². The smallest absolute Gasteiger partial charge is 0.322 e. The van der Waals surface area contributed by atoms with Crippen LogP contribution in [0.15, 0.2) is 72.8 Å². The highest BCUT2D eigenvalue weighted by atomic mass is 16.5. The van der Waals surface area contributed by atoms with Crippen molar-refractivity contribution in [1.29, 1.82) is 0 Å². The van der Waals surface area contributed by atoms with Crippen LogP contribution in [-0.4, -0.2) is 75.2 Å². The lowest BCUT2D eigenvalue weighted by Crippen LogP contribution is -2.44. The third kappa shape index (κ3) is 7.47. The Bertz CT molecular complexity index is 1210. The fraction of sp³-hybridized carbons (Fsp3) is 0.310. The maximum atomic E-state index is 13.3. The minimum atomic E-state index is -0.238. The predicted molar refractivity (Wildman–Crippen MR) is 153 cm³/mol. The van der Waals surface area contributed by atoms with Gasteiger partial charge in [-0.15, -0.1) is 0 Å².